The van der Waals surface area contributed by atoms with Crippen LogP contribution in [0.3, 0.4) is 0 Å². The van der Waals surface area contributed by atoms with Gasteiger partial charge in [0.15, 0.2) is 0 Å². The zero-order valence-corrected chi connectivity index (χ0v) is 15.3. The zero-order valence-electron chi connectivity index (χ0n) is 15.3. The van der Waals surface area contributed by atoms with Crippen LogP contribution >= 0.6 is 0 Å². The Morgan fingerprint density at radius 2 is 1.89 bits per heavy atom. The van der Waals surface area contributed by atoms with Crippen molar-refractivity contribution in [2.45, 2.75) is 56.5 Å². The van der Waals surface area contributed by atoms with Crippen molar-refractivity contribution in [3.8, 4) is 0 Å². The molecule has 2 aliphatic heterocycles. The minimum Gasteiger partial charge on any atom is -0.388 e. The largest absolute Gasteiger partial charge is 0.388 e. The van der Waals surface area contributed by atoms with Crippen LogP contribution in [0.5, 0.6) is 0 Å². The molecular weight excluding hydrogens is 341 g/mol. The second kappa shape index (κ2) is 6.43. The maximum atomic E-state index is 14.1. The Labute approximate surface area is 158 Å². The number of benzene rings is 1. The Kier molecular flexibility index (Phi) is 4.02. The van der Waals surface area contributed by atoms with Crippen molar-refractivity contribution in [2.75, 3.05) is 0 Å². The highest BCUT2D eigenvalue weighted by atomic mass is 19.1. The lowest BCUT2D eigenvalue weighted by atomic mass is 9.85. The van der Waals surface area contributed by atoms with Crippen molar-refractivity contribution in [3.05, 3.63) is 66.4 Å². The molecule has 140 valence electrons. The maximum Gasteiger partial charge on any atom is 0.127 e. The summed E-state index contributed by atoms with van der Waals surface area (Å²) in [5.41, 5.74) is 1.09. The summed E-state index contributed by atoms with van der Waals surface area (Å²) in [4.78, 5) is 6.63. The molecule has 27 heavy (non-hydrogen) atoms. The molecule has 2 atom stereocenters. The average Bonchev–Trinajstić information content (AvgIpc) is 3.16. The van der Waals surface area contributed by atoms with Crippen LogP contribution < -0.4 is 0 Å². The number of aromatic nitrogens is 2. The van der Waals surface area contributed by atoms with E-state index in [1.54, 1.807) is 12.3 Å². The van der Waals surface area contributed by atoms with E-state index < -0.39 is 5.60 Å². The Morgan fingerprint density at radius 3 is 2.67 bits per heavy atom. The number of pyridine rings is 1. The third kappa shape index (κ3) is 3.05. The van der Waals surface area contributed by atoms with Gasteiger partial charge in [-0.3, -0.25) is 9.88 Å². The summed E-state index contributed by atoms with van der Waals surface area (Å²) in [5.74, 6) is -0.135. The van der Waals surface area contributed by atoms with Crippen LogP contribution in [0.4, 0.5) is 4.39 Å². The zero-order chi connectivity index (χ0) is 18.4. The van der Waals surface area contributed by atoms with E-state index in [1.165, 1.54) is 6.07 Å². The van der Waals surface area contributed by atoms with Gasteiger partial charge in [-0.2, -0.15) is 0 Å². The predicted molar refractivity (Wildman–Crippen MR) is 103 cm³/mol. The molecule has 2 saturated heterocycles. The fourth-order valence-corrected chi connectivity index (χ4v) is 5.11. The van der Waals surface area contributed by atoms with Crippen molar-refractivity contribution >= 4 is 10.9 Å². The number of halogens is 1. The molecule has 4 nitrogen and oxygen atoms in total. The van der Waals surface area contributed by atoms with Gasteiger partial charge in [-0.15, -0.1) is 0 Å². The molecule has 2 aromatic heterocycles. The summed E-state index contributed by atoms with van der Waals surface area (Å²) in [6.07, 6.45) is 9.32. The highest BCUT2D eigenvalue weighted by Gasteiger charge is 2.47. The van der Waals surface area contributed by atoms with Gasteiger partial charge in [0, 0.05) is 42.0 Å². The van der Waals surface area contributed by atoms with Gasteiger partial charge in [0.25, 0.3) is 0 Å². The Hall–Kier alpha value is -2.24. The highest BCUT2D eigenvalue weighted by molar-refractivity contribution is 5.78. The molecule has 0 amide bonds. The highest BCUT2D eigenvalue weighted by Crippen LogP contribution is 2.42. The Morgan fingerprint density at radius 1 is 1.11 bits per heavy atom. The second-order valence-electron chi connectivity index (χ2n) is 8.16. The molecule has 0 unspecified atom stereocenters. The number of hydrogen-bond acceptors (Lipinski definition) is 3. The van der Waals surface area contributed by atoms with Gasteiger partial charge in [-0.1, -0.05) is 18.2 Å². The van der Waals surface area contributed by atoms with Gasteiger partial charge in [0.1, 0.15) is 5.82 Å². The lowest BCUT2D eigenvalue weighted by Crippen LogP contribution is -2.52. The van der Waals surface area contributed by atoms with E-state index in [2.05, 4.69) is 20.5 Å². The van der Waals surface area contributed by atoms with E-state index in [-0.39, 0.29) is 5.82 Å². The maximum absolute atomic E-state index is 14.1. The van der Waals surface area contributed by atoms with E-state index in [1.807, 2.05) is 30.6 Å². The first-order valence-electron chi connectivity index (χ1n) is 9.72. The molecule has 0 saturated carbocycles. The van der Waals surface area contributed by atoms with Gasteiger partial charge in [0.2, 0.25) is 0 Å². The fourth-order valence-electron chi connectivity index (χ4n) is 5.11. The summed E-state index contributed by atoms with van der Waals surface area (Å²) < 4.78 is 16.2. The summed E-state index contributed by atoms with van der Waals surface area (Å²) >= 11 is 0. The molecule has 2 bridgehead atoms. The van der Waals surface area contributed by atoms with Gasteiger partial charge < -0.3 is 9.67 Å². The minimum absolute atomic E-state index is 0.135. The standard InChI is InChI=1S/C22H24FN3O/c23-20-4-2-1-3-17(20)14-26-18-5-6-19(26)12-22(27,11-18)15-25-10-8-16-7-9-24-13-21(16)25/h1-4,7-10,13,18-19,27H,5-6,11-12,14-15H2/t18-,19-/m0/s1. The molecule has 3 aromatic rings. The Balaban J connectivity index is 1.35. The van der Waals surface area contributed by atoms with Crippen molar-refractivity contribution in [2.24, 2.45) is 0 Å². The first-order valence-corrected chi connectivity index (χ1v) is 9.72. The van der Waals surface area contributed by atoms with Gasteiger partial charge in [-0.05, 0) is 43.9 Å². The van der Waals surface area contributed by atoms with E-state index in [9.17, 15) is 9.50 Å². The van der Waals surface area contributed by atoms with Crippen LogP contribution in [0.25, 0.3) is 10.9 Å². The number of aliphatic hydroxyl groups is 1. The number of fused-ring (bicyclic) bond motifs is 3. The summed E-state index contributed by atoms with van der Waals surface area (Å²) in [7, 11) is 0. The molecule has 1 N–H and O–H groups in total. The van der Waals surface area contributed by atoms with Crippen LogP contribution in [0.2, 0.25) is 0 Å². The second-order valence-corrected chi connectivity index (χ2v) is 8.16. The average molecular weight is 365 g/mol. The van der Waals surface area contributed by atoms with Crippen LogP contribution in [0.1, 0.15) is 31.2 Å². The molecule has 0 radical (unpaired) electrons. The SMILES string of the molecule is OC1(Cn2ccc3ccncc32)C[C@@H]2CC[C@@H](C1)N2Cc1ccccc1F. The van der Waals surface area contributed by atoms with Crippen LogP contribution in [-0.2, 0) is 13.1 Å². The molecule has 4 heterocycles. The van der Waals surface area contributed by atoms with Crippen molar-refractivity contribution in [1.29, 1.82) is 0 Å². The van der Waals surface area contributed by atoms with E-state index in [0.29, 0.717) is 25.2 Å². The molecular formula is C22H24FN3O. The molecule has 0 aliphatic carbocycles. The smallest absolute Gasteiger partial charge is 0.127 e. The van der Waals surface area contributed by atoms with Crippen LogP contribution in [0, 0.1) is 5.82 Å². The molecule has 0 spiro atoms. The number of piperidine rings is 1. The van der Waals surface area contributed by atoms with Crippen molar-refractivity contribution < 1.29 is 9.50 Å². The topological polar surface area (TPSA) is 41.3 Å². The first kappa shape index (κ1) is 16.9. The first-order chi connectivity index (χ1) is 13.1. The molecule has 2 aliphatic rings. The fraction of sp³-hybridized carbons (Fsp3) is 0.409. The third-order valence-corrected chi connectivity index (χ3v) is 6.35. The normalized spacial score (nSPS) is 28.1. The van der Waals surface area contributed by atoms with E-state index in [0.717, 1.165) is 42.1 Å². The lowest BCUT2D eigenvalue weighted by Gasteiger charge is -2.44. The molecule has 2 fully saturated rings. The van der Waals surface area contributed by atoms with Crippen molar-refractivity contribution in [1.82, 2.24) is 14.5 Å². The minimum atomic E-state index is -0.723. The number of nitrogens with zero attached hydrogens (tertiary/aromatic N) is 3. The predicted octanol–water partition coefficient (Wildman–Crippen LogP) is 3.73. The molecule has 1 aromatic carbocycles. The van der Waals surface area contributed by atoms with Gasteiger partial charge >= 0.3 is 0 Å². The summed E-state index contributed by atoms with van der Waals surface area (Å²) in [6, 6.07) is 11.7. The summed E-state index contributed by atoms with van der Waals surface area (Å²) in [5, 5.41) is 12.5. The number of hydrogen-bond donors (Lipinski definition) is 1. The lowest BCUT2D eigenvalue weighted by molar-refractivity contribution is -0.0646. The van der Waals surface area contributed by atoms with Gasteiger partial charge in [-0.25, -0.2) is 4.39 Å². The van der Waals surface area contributed by atoms with Crippen LogP contribution in [0.15, 0.2) is 55.0 Å². The monoisotopic (exact) mass is 365 g/mol. The van der Waals surface area contributed by atoms with E-state index in [4.69, 9.17) is 0 Å². The third-order valence-electron chi connectivity index (χ3n) is 6.35. The van der Waals surface area contributed by atoms with E-state index >= 15 is 0 Å². The van der Waals surface area contributed by atoms with Crippen molar-refractivity contribution in [3.63, 3.8) is 0 Å². The van der Waals surface area contributed by atoms with Gasteiger partial charge in [0.05, 0.1) is 23.9 Å². The summed E-state index contributed by atoms with van der Waals surface area (Å²) in [6.45, 7) is 1.22. The molecule has 5 rings (SSSR count). The Bertz CT molecular complexity index is 955. The molecule has 5 heteroatoms. The quantitative estimate of drug-likeness (QED) is 0.766. The van der Waals surface area contributed by atoms with Crippen LogP contribution in [-0.4, -0.2) is 37.2 Å². The number of rotatable bonds is 4.